The summed E-state index contributed by atoms with van der Waals surface area (Å²) in [7, 11) is -3.47. The molecule has 1 aromatic heterocycles. The average molecular weight is 395 g/mol. The van der Waals surface area contributed by atoms with Crippen molar-refractivity contribution in [1.29, 1.82) is 0 Å². The van der Waals surface area contributed by atoms with Gasteiger partial charge < -0.3 is 4.57 Å². The monoisotopic (exact) mass is 394 g/mol. The number of benzene rings is 2. The standard InChI is InChI=1S/C18H16Cl2N2O2S/c19-16-5-1-14(2-6-16)12-25(23,24)18(11-22-10-9-21-13-22)15-3-7-17(20)8-4-15/h1-10,13,18H,11-12H2. The Labute approximate surface area is 157 Å². The maximum absolute atomic E-state index is 13.1. The van der Waals surface area contributed by atoms with Crippen LogP contribution in [0.25, 0.3) is 0 Å². The molecule has 25 heavy (non-hydrogen) atoms. The van der Waals surface area contributed by atoms with Crippen LogP contribution in [0.3, 0.4) is 0 Å². The number of nitrogens with zero attached hydrogens (tertiary/aromatic N) is 2. The van der Waals surface area contributed by atoms with Crippen molar-refractivity contribution in [3.8, 4) is 0 Å². The fraction of sp³-hybridized carbons (Fsp3) is 0.167. The van der Waals surface area contributed by atoms with Crippen molar-refractivity contribution < 1.29 is 8.42 Å². The van der Waals surface area contributed by atoms with E-state index in [2.05, 4.69) is 4.98 Å². The van der Waals surface area contributed by atoms with E-state index >= 15 is 0 Å². The lowest BCUT2D eigenvalue weighted by Crippen LogP contribution is -2.20. The predicted octanol–water partition coefficient (Wildman–Crippen LogP) is 4.55. The van der Waals surface area contributed by atoms with Gasteiger partial charge in [-0.05, 0) is 35.4 Å². The van der Waals surface area contributed by atoms with Gasteiger partial charge in [-0.3, -0.25) is 0 Å². The summed E-state index contributed by atoms with van der Waals surface area (Å²) in [5.74, 6) is -0.0633. The van der Waals surface area contributed by atoms with Crippen molar-refractivity contribution in [3.05, 3.63) is 88.4 Å². The van der Waals surface area contributed by atoms with Crippen LogP contribution >= 0.6 is 23.2 Å². The Balaban J connectivity index is 1.94. The van der Waals surface area contributed by atoms with Gasteiger partial charge in [0.2, 0.25) is 0 Å². The van der Waals surface area contributed by atoms with Gasteiger partial charge in [-0.25, -0.2) is 13.4 Å². The minimum atomic E-state index is -3.47. The molecule has 0 spiro atoms. The minimum absolute atomic E-state index is 0.0633. The molecule has 1 atom stereocenters. The van der Waals surface area contributed by atoms with Crippen LogP contribution in [0.5, 0.6) is 0 Å². The molecular formula is C18H16Cl2N2O2S. The molecule has 4 nitrogen and oxygen atoms in total. The number of hydrogen-bond donors (Lipinski definition) is 0. The number of hydrogen-bond acceptors (Lipinski definition) is 3. The summed E-state index contributed by atoms with van der Waals surface area (Å²) < 4.78 is 28.0. The summed E-state index contributed by atoms with van der Waals surface area (Å²) in [6, 6.07) is 13.8. The Morgan fingerprint density at radius 2 is 1.56 bits per heavy atom. The first-order valence-electron chi connectivity index (χ1n) is 7.61. The van der Waals surface area contributed by atoms with Crippen LogP contribution in [0.4, 0.5) is 0 Å². The molecule has 0 fully saturated rings. The first-order valence-corrected chi connectivity index (χ1v) is 10.1. The number of imidazole rings is 1. The molecule has 1 unspecified atom stereocenters. The molecule has 0 N–H and O–H groups in total. The normalized spacial score (nSPS) is 12.9. The molecule has 2 aromatic carbocycles. The van der Waals surface area contributed by atoms with E-state index < -0.39 is 15.1 Å². The van der Waals surface area contributed by atoms with Crippen molar-refractivity contribution in [2.24, 2.45) is 0 Å². The zero-order chi connectivity index (χ0) is 17.9. The first-order chi connectivity index (χ1) is 11.9. The maximum atomic E-state index is 13.1. The Bertz CT molecular complexity index is 922. The van der Waals surface area contributed by atoms with E-state index in [0.29, 0.717) is 21.2 Å². The van der Waals surface area contributed by atoms with Crippen molar-refractivity contribution >= 4 is 33.0 Å². The molecule has 3 rings (SSSR count). The lowest BCUT2D eigenvalue weighted by Gasteiger charge is -2.19. The van der Waals surface area contributed by atoms with E-state index in [1.165, 1.54) is 0 Å². The fourth-order valence-corrected chi connectivity index (χ4v) is 4.68. The molecule has 3 aromatic rings. The SMILES string of the molecule is O=S(=O)(Cc1ccc(Cl)cc1)C(Cn1ccnc1)c1ccc(Cl)cc1. The Hall–Kier alpha value is -1.82. The van der Waals surface area contributed by atoms with Gasteiger partial charge in [0.05, 0.1) is 12.1 Å². The van der Waals surface area contributed by atoms with E-state index in [9.17, 15) is 8.42 Å². The topological polar surface area (TPSA) is 52.0 Å². The largest absolute Gasteiger partial charge is 0.336 e. The molecule has 0 amide bonds. The lowest BCUT2D eigenvalue weighted by atomic mass is 10.1. The zero-order valence-corrected chi connectivity index (χ0v) is 15.5. The molecule has 1 heterocycles. The third kappa shape index (κ3) is 4.63. The highest BCUT2D eigenvalue weighted by molar-refractivity contribution is 7.90. The number of rotatable bonds is 6. The molecule has 7 heteroatoms. The van der Waals surface area contributed by atoms with Gasteiger partial charge in [-0.1, -0.05) is 47.5 Å². The molecule has 0 bridgehead atoms. The predicted molar refractivity (Wildman–Crippen MR) is 100 cm³/mol. The molecule has 0 saturated heterocycles. The van der Waals surface area contributed by atoms with Crippen LogP contribution in [0.1, 0.15) is 16.4 Å². The number of aromatic nitrogens is 2. The summed E-state index contributed by atoms with van der Waals surface area (Å²) in [6.45, 7) is 0.289. The molecular weight excluding hydrogens is 379 g/mol. The quantitative estimate of drug-likeness (QED) is 0.616. The zero-order valence-electron chi connectivity index (χ0n) is 13.2. The van der Waals surface area contributed by atoms with E-state index in [0.717, 1.165) is 0 Å². The highest BCUT2D eigenvalue weighted by Gasteiger charge is 2.28. The lowest BCUT2D eigenvalue weighted by molar-refractivity contribution is 0.561. The molecule has 0 aliphatic carbocycles. The summed E-state index contributed by atoms with van der Waals surface area (Å²) in [5, 5.41) is 0.448. The highest BCUT2D eigenvalue weighted by Crippen LogP contribution is 2.29. The highest BCUT2D eigenvalue weighted by atomic mass is 35.5. The molecule has 130 valence electrons. The van der Waals surface area contributed by atoms with E-state index in [4.69, 9.17) is 23.2 Å². The van der Waals surface area contributed by atoms with E-state index in [-0.39, 0.29) is 12.3 Å². The van der Waals surface area contributed by atoms with Gasteiger partial charge in [0.25, 0.3) is 0 Å². The Kier molecular flexibility index (Phi) is 5.47. The summed E-state index contributed by atoms with van der Waals surface area (Å²) >= 11 is 11.8. The van der Waals surface area contributed by atoms with Crippen LogP contribution in [0.2, 0.25) is 10.0 Å². The second-order valence-corrected chi connectivity index (χ2v) is 8.79. The Morgan fingerprint density at radius 1 is 0.960 bits per heavy atom. The number of halogens is 2. The van der Waals surface area contributed by atoms with Crippen LogP contribution in [0.15, 0.2) is 67.3 Å². The average Bonchev–Trinajstić information content (AvgIpc) is 3.09. The van der Waals surface area contributed by atoms with Crippen molar-refractivity contribution in [2.45, 2.75) is 17.5 Å². The van der Waals surface area contributed by atoms with Crippen LogP contribution in [-0.4, -0.2) is 18.0 Å². The third-order valence-electron chi connectivity index (χ3n) is 3.89. The smallest absolute Gasteiger partial charge is 0.163 e. The Morgan fingerprint density at radius 3 is 2.12 bits per heavy atom. The molecule has 0 aliphatic rings. The molecule has 0 saturated carbocycles. The maximum Gasteiger partial charge on any atom is 0.163 e. The molecule has 0 radical (unpaired) electrons. The van der Waals surface area contributed by atoms with Crippen LogP contribution in [-0.2, 0) is 22.1 Å². The van der Waals surface area contributed by atoms with E-state index in [1.54, 1.807) is 71.8 Å². The van der Waals surface area contributed by atoms with Gasteiger partial charge >= 0.3 is 0 Å². The molecule has 0 aliphatic heterocycles. The van der Waals surface area contributed by atoms with Crippen molar-refractivity contribution in [1.82, 2.24) is 9.55 Å². The van der Waals surface area contributed by atoms with Gasteiger partial charge in [0.1, 0.15) is 5.25 Å². The van der Waals surface area contributed by atoms with Gasteiger partial charge in [0.15, 0.2) is 9.84 Å². The van der Waals surface area contributed by atoms with Gasteiger partial charge in [-0.15, -0.1) is 0 Å². The van der Waals surface area contributed by atoms with Gasteiger partial charge in [-0.2, -0.15) is 0 Å². The van der Waals surface area contributed by atoms with Crippen LogP contribution in [0, 0.1) is 0 Å². The number of sulfone groups is 1. The van der Waals surface area contributed by atoms with Gasteiger partial charge in [0, 0.05) is 29.0 Å². The van der Waals surface area contributed by atoms with Crippen molar-refractivity contribution in [2.75, 3.05) is 0 Å². The van der Waals surface area contributed by atoms with E-state index in [1.807, 2.05) is 0 Å². The van der Waals surface area contributed by atoms with Crippen LogP contribution < -0.4 is 0 Å². The second kappa shape index (κ2) is 7.60. The third-order valence-corrected chi connectivity index (χ3v) is 6.42. The first kappa shape index (κ1) is 18.0. The fourth-order valence-electron chi connectivity index (χ4n) is 2.60. The summed E-state index contributed by atoms with van der Waals surface area (Å²) in [6.07, 6.45) is 4.99. The summed E-state index contributed by atoms with van der Waals surface area (Å²) in [4.78, 5) is 3.99. The second-order valence-electron chi connectivity index (χ2n) is 5.73. The summed E-state index contributed by atoms with van der Waals surface area (Å²) in [5.41, 5.74) is 1.40. The van der Waals surface area contributed by atoms with Crippen molar-refractivity contribution in [3.63, 3.8) is 0 Å². The minimum Gasteiger partial charge on any atom is -0.336 e.